The molecule has 27 heavy (non-hydrogen) atoms. The van der Waals surface area contributed by atoms with Gasteiger partial charge in [0.2, 0.25) is 6.10 Å². The monoisotopic (exact) mass is 367 g/mol. The summed E-state index contributed by atoms with van der Waals surface area (Å²) in [6.45, 7) is 3.89. The van der Waals surface area contributed by atoms with Gasteiger partial charge in [0.15, 0.2) is 11.5 Å². The van der Waals surface area contributed by atoms with Gasteiger partial charge in [-0.1, -0.05) is 24.3 Å². The third-order valence-electron chi connectivity index (χ3n) is 3.98. The van der Waals surface area contributed by atoms with Gasteiger partial charge in [-0.2, -0.15) is 0 Å². The van der Waals surface area contributed by atoms with Crippen LogP contribution < -0.4 is 14.8 Å². The molecule has 0 bridgehead atoms. The van der Waals surface area contributed by atoms with Crippen molar-refractivity contribution in [1.29, 1.82) is 0 Å². The van der Waals surface area contributed by atoms with Crippen LogP contribution in [0.1, 0.15) is 19.4 Å². The number of nitrogens with one attached hydrogen (secondary N) is 1. The maximum Gasteiger partial charge on any atom is 0.330 e. The Morgan fingerprint density at radius 3 is 2.41 bits per heavy atom. The number of hydrogen-bond donors (Lipinski definition) is 1. The van der Waals surface area contributed by atoms with Crippen molar-refractivity contribution in [3.63, 3.8) is 0 Å². The number of ether oxygens (including phenoxy) is 3. The molecule has 1 aliphatic heterocycles. The number of amides is 1. The summed E-state index contributed by atoms with van der Waals surface area (Å²) >= 11 is 0. The zero-order valence-corrected chi connectivity index (χ0v) is 15.2. The summed E-state index contributed by atoms with van der Waals surface area (Å²) in [5.41, 5.74) is 1.45. The highest BCUT2D eigenvalue weighted by atomic mass is 16.6. The van der Waals surface area contributed by atoms with Crippen LogP contribution in [0.2, 0.25) is 0 Å². The molecular weight excluding hydrogens is 346 g/mol. The lowest BCUT2D eigenvalue weighted by Gasteiger charge is -2.31. The Morgan fingerprint density at radius 2 is 1.74 bits per heavy atom. The van der Waals surface area contributed by atoms with Gasteiger partial charge in [0.25, 0.3) is 5.91 Å². The van der Waals surface area contributed by atoms with E-state index in [-0.39, 0.29) is 5.91 Å². The smallest absolute Gasteiger partial charge is 0.330 e. The Bertz CT molecular complexity index is 844. The van der Waals surface area contributed by atoms with Crippen molar-refractivity contribution in [1.82, 2.24) is 0 Å². The highest BCUT2D eigenvalue weighted by Gasteiger charge is 2.34. The molecule has 2 aromatic rings. The number of fused-ring (bicyclic) bond motifs is 1. The minimum Gasteiger partial charge on any atom is -0.482 e. The predicted octanol–water partition coefficient (Wildman–Crippen LogP) is 3.43. The fourth-order valence-corrected chi connectivity index (χ4v) is 2.65. The van der Waals surface area contributed by atoms with E-state index < -0.39 is 18.2 Å². The first-order valence-electron chi connectivity index (χ1n) is 8.75. The highest BCUT2D eigenvalue weighted by molar-refractivity contribution is 5.95. The molecule has 0 aliphatic carbocycles. The minimum absolute atomic E-state index is 0.285. The van der Waals surface area contributed by atoms with Gasteiger partial charge in [0.05, 0.1) is 6.61 Å². The first kappa shape index (κ1) is 18.5. The number of carbonyl (C=O) groups is 2. The van der Waals surface area contributed by atoms with Gasteiger partial charge in [-0.3, -0.25) is 4.79 Å². The predicted molar refractivity (Wildman–Crippen MR) is 102 cm³/mol. The van der Waals surface area contributed by atoms with Crippen LogP contribution in [0.3, 0.4) is 0 Å². The summed E-state index contributed by atoms with van der Waals surface area (Å²) in [7, 11) is 0. The van der Waals surface area contributed by atoms with Gasteiger partial charge in [-0.05, 0) is 49.8 Å². The Hall–Kier alpha value is -3.28. The number of esters is 1. The Balaban J connectivity index is 1.62. The Labute approximate surface area is 157 Å². The molecule has 140 valence electrons. The van der Waals surface area contributed by atoms with Crippen molar-refractivity contribution in [2.24, 2.45) is 0 Å². The summed E-state index contributed by atoms with van der Waals surface area (Å²) in [4.78, 5) is 23.9. The summed E-state index contributed by atoms with van der Waals surface area (Å²) in [5.74, 6) is 0.507. The van der Waals surface area contributed by atoms with Crippen LogP contribution in [0, 0.1) is 0 Å². The fraction of sp³-hybridized carbons (Fsp3) is 0.238. The third-order valence-corrected chi connectivity index (χ3v) is 3.98. The van der Waals surface area contributed by atoms with Crippen LogP contribution in [0.15, 0.2) is 54.6 Å². The number of rotatable bonds is 5. The first-order valence-corrected chi connectivity index (χ1v) is 8.75. The van der Waals surface area contributed by atoms with E-state index in [1.807, 2.05) is 18.2 Å². The van der Waals surface area contributed by atoms with Crippen molar-refractivity contribution in [3.8, 4) is 11.5 Å². The lowest BCUT2D eigenvalue weighted by molar-refractivity contribution is -0.137. The molecule has 2 aromatic carbocycles. The number of para-hydroxylation sites is 2. The molecule has 6 nitrogen and oxygen atoms in total. The minimum atomic E-state index is -0.747. The molecule has 0 radical (unpaired) electrons. The normalized spacial score (nSPS) is 18.1. The lowest BCUT2D eigenvalue weighted by Crippen LogP contribution is -2.46. The molecular formula is C21H21NO5. The average molecular weight is 367 g/mol. The zero-order valence-electron chi connectivity index (χ0n) is 15.2. The summed E-state index contributed by atoms with van der Waals surface area (Å²) in [6.07, 6.45) is 1.86. The van der Waals surface area contributed by atoms with Crippen LogP contribution in [0.5, 0.6) is 11.5 Å². The second kappa shape index (κ2) is 8.40. The molecule has 1 amide bonds. The third kappa shape index (κ3) is 4.67. The summed E-state index contributed by atoms with van der Waals surface area (Å²) in [5, 5.41) is 2.83. The maximum absolute atomic E-state index is 12.6. The van der Waals surface area contributed by atoms with E-state index in [9.17, 15) is 9.59 Å². The van der Waals surface area contributed by atoms with E-state index in [4.69, 9.17) is 14.2 Å². The second-order valence-electron chi connectivity index (χ2n) is 6.00. The van der Waals surface area contributed by atoms with Gasteiger partial charge in [0.1, 0.15) is 6.10 Å². The van der Waals surface area contributed by atoms with Crippen molar-refractivity contribution in [3.05, 3.63) is 60.2 Å². The number of hydrogen-bond acceptors (Lipinski definition) is 5. The van der Waals surface area contributed by atoms with Crippen molar-refractivity contribution in [2.45, 2.75) is 26.1 Å². The molecule has 2 atom stereocenters. The molecule has 2 unspecified atom stereocenters. The molecule has 0 saturated heterocycles. The molecule has 6 heteroatoms. The standard InChI is InChI=1S/C21H21NO5/c1-3-25-19(23)13-10-15-8-11-16(12-9-15)22-21(24)20-14(2)26-17-6-4-5-7-18(17)27-20/h4-14,20H,3H2,1-2H3,(H,22,24)/b13-10+. The van der Waals surface area contributed by atoms with E-state index in [1.165, 1.54) is 6.08 Å². The fourth-order valence-electron chi connectivity index (χ4n) is 2.65. The maximum atomic E-state index is 12.6. The second-order valence-corrected chi connectivity index (χ2v) is 6.00. The molecule has 1 aliphatic rings. The van der Waals surface area contributed by atoms with Crippen molar-refractivity contribution in [2.75, 3.05) is 11.9 Å². The molecule has 0 fully saturated rings. The molecule has 0 spiro atoms. The zero-order chi connectivity index (χ0) is 19.2. The van der Waals surface area contributed by atoms with Crippen molar-refractivity contribution >= 4 is 23.6 Å². The first-order chi connectivity index (χ1) is 13.1. The molecule has 3 rings (SSSR count). The van der Waals surface area contributed by atoms with Crippen LogP contribution in [0.25, 0.3) is 6.08 Å². The van der Waals surface area contributed by atoms with Crippen LogP contribution >= 0.6 is 0 Å². The Morgan fingerprint density at radius 1 is 1.07 bits per heavy atom. The molecule has 1 heterocycles. The van der Waals surface area contributed by atoms with Crippen LogP contribution in [-0.2, 0) is 14.3 Å². The van der Waals surface area contributed by atoms with Crippen LogP contribution in [-0.4, -0.2) is 30.7 Å². The molecule has 0 saturated carbocycles. The van der Waals surface area contributed by atoms with Gasteiger partial charge in [-0.25, -0.2) is 4.79 Å². The van der Waals surface area contributed by atoms with E-state index in [0.29, 0.717) is 23.8 Å². The summed E-state index contributed by atoms with van der Waals surface area (Å²) in [6, 6.07) is 14.4. The van der Waals surface area contributed by atoms with Gasteiger partial charge < -0.3 is 19.5 Å². The van der Waals surface area contributed by atoms with Crippen LogP contribution in [0.4, 0.5) is 5.69 Å². The van der Waals surface area contributed by atoms with Crippen molar-refractivity contribution < 1.29 is 23.8 Å². The Kier molecular flexibility index (Phi) is 5.76. The lowest BCUT2D eigenvalue weighted by atomic mass is 10.1. The highest BCUT2D eigenvalue weighted by Crippen LogP contribution is 2.33. The van der Waals surface area contributed by atoms with E-state index >= 15 is 0 Å². The van der Waals surface area contributed by atoms with Gasteiger partial charge in [0, 0.05) is 11.8 Å². The van der Waals surface area contributed by atoms with E-state index in [2.05, 4.69) is 5.32 Å². The molecule has 0 aromatic heterocycles. The van der Waals surface area contributed by atoms with Gasteiger partial charge in [-0.15, -0.1) is 0 Å². The quantitative estimate of drug-likeness (QED) is 0.647. The topological polar surface area (TPSA) is 73.9 Å². The van der Waals surface area contributed by atoms with Gasteiger partial charge >= 0.3 is 5.97 Å². The number of benzene rings is 2. The average Bonchev–Trinajstić information content (AvgIpc) is 2.67. The van der Waals surface area contributed by atoms with E-state index in [1.54, 1.807) is 50.3 Å². The number of anilines is 1. The van der Waals surface area contributed by atoms with E-state index in [0.717, 1.165) is 5.56 Å². The molecule has 1 N–H and O–H groups in total. The SMILES string of the molecule is CCOC(=O)/C=C/c1ccc(NC(=O)C2Oc3ccccc3OC2C)cc1. The number of carbonyl (C=O) groups excluding carboxylic acids is 2. The summed E-state index contributed by atoms with van der Waals surface area (Å²) < 4.78 is 16.4. The largest absolute Gasteiger partial charge is 0.482 e.